The number of hydrogen-bond acceptors (Lipinski definition) is 16. The Morgan fingerprint density at radius 2 is 1.37 bits per heavy atom. The molecule has 0 spiro atoms. The lowest BCUT2D eigenvalue weighted by atomic mass is 9.99. The summed E-state index contributed by atoms with van der Waals surface area (Å²) in [6.45, 7) is -1.18. The molecular formula is C23H23ClN2O15. The molecule has 17 nitrogen and oxygen atoms in total. The number of carboxylic acids is 1. The van der Waals surface area contributed by atoms with Crippen molar-refractivity contribution in [1.29, 1.82) is 0 Å². The lowest BCUT2D eigenvalue weighted by molar-refractivity contribution is -0.357. The third-order valence-corrected chi connectivity index (χ3v) is 6.19. The van der Waals surface area contributed by atoms with Gasteiger partial charge in [-0.3, -0.25) is 5.32 Å². The zero-order chi connectivity index (χ0) is 31.2. The first kappa shape index (κ1) is 30.9. The largest absolute Gasteiger partial charge is 0.506 e. The summed E-state index contributed by atoms with van der Waals surface area (Å²) in [5.41, 5.74) is -3.48. The molecule has 0 heterocycles. The highest BCUT2D eigenvalue weighted by atomic mass is 35.5. The van der Waals surface area contributed by atoms with E-state index in [0.717, 1.165) is 18.2 Å². The predicted octanol–water partition coefficient (Wildman–Crippen LogP) is -0.638. The van der Waals surface area contributed by atoms with Crippen molar-refractivity contribution in [2.75, 3.05) is 11.9 Å². The summed E-state index contributed by atoms with van der Waals surface area (Å²) in [6.07, 6.45) is -2.19. The number of nitrogens with one attached hydrogen (secondary N) is 2. The van der Waals surface area contributed by atoms with Gasteiger partial charge in [-0.15, -0.1) is 0 Å². The molecule has 3 aromatic rings. The second-order valence-electron chi connectivity index (χ2n) is 8.52. The highest BCUT2D eigenvalue weighted by molar-refractivity contribution is 6.34. The van der Waals surface area contributed by atoms with Crippen molar-refractivity contribution in [3.8, 4) is 57.1 Å². The average molecular weight is 603 g/mol. The molecule has 1 unspecified atom stereocenters. The van der Waals surface area contributed by atoms with Gasteiger partial charge in [-0.05, 0) is 17.7 Å². The van der Waals surface area contributed by atoms with E-state index in [-0.39, 0.29) is 11.1 Å². The van der Waals surface area contributed by atoms with E-state index >= 15 is 0 Å². The van der Waals surface area contributed by atoms with Gasteiger partial charge in [0.05, 0.1) is 22.8 Å². The highest BCUT2D eigenvalue weighted by Gasteiger charge is 2.50. The zero-order valence-corrected chi connectivity index (χ0v) is 20.9. The minimum atomic E-state index is -4.05. The van der Waals surface area contributed by atoms with Crippen LogP contribution in [0.2, 0.25) is 5.02 Å². The Bertz CT molecular complexity index is 1500. The Labute approximate surface area is 232 Å². The number of rotatable bonds is 9. The second kappa shape index (κ2) is 10.7. The van der Waals surface area contributed by atoms with Crippen molar-refractivity contribution in [3.63, 3.8) is 0 Å². The van der Waals surface area contributed by atoms with E-state index in [0.29, 0.717) is 0 Å². The first-order valence-electron chi connectivity index (χ1n) is 10.9. The van der Waals surface area contributed by atoms with Gasteiger partial charge in [-0.1, -0.05) is 23.7 Å². The number of anilines is 1. The number of halogens is 1. The normalized spacial score (nSPS) is 12.7. The first-order chi connectivity index (χ1) is 18.8. The van der Waals surface area contributed by atoms with Crippen molar-refractivity contribution in [1.82, 2.24) is 5.32 Å². The monoisotopic (exact) mass is 602 g/mol. The van der Waals surface area contributed by atoms with Gasteiger partial charge in [0.1, 0.15) is 16.5 Å². The maximum atomic E-state index is 11.3. The van der Waals surface area contributed by atoms with Crippen LogP contribution in [-0.2, 0) is 0 Å². The van der Waals surface area contributed by atoms with Gasteiger partial charge in [0.15, 0.2) is 28.7 Å². The third kappa shape index (κ3) is 5.41. The van der Waals surface area contributed by atoms with Gasteiger partial charge in [-0.2, -0.15) is 0 Å². The molecule has 0 fully saturated rings. The number of aliphatic hydroxyl groups excluding tert-OH is 1. The lowest BCUT2D eigenvalue weighted by Crippen LogP contribution is -2.67. The molecule has 0 aromatic heterocycles. The van der Waals surface area contributed by atoms with E-state index in [1.54, 1.807) is 5.32 Å². The molecule has 1 atom stereocenters. The molecule has 16 N–H and O–H groups in total. The number of aliphatic hydroxyl groups is 5. The number of phenols is 8. The van der Waals surface area contributed by atoms with E-state index in [9.17, 15) is 76.3 Å². The maximum absolute atomic E-state index is 11.3. The number of hydrogen-bond donors (Lipinski definition) is 16. The number of benzene rings is 3. The Kier molecular flexibility index (Phi) is 8.10. The average Bonchev–Trinajstić information content (AvgIpc) is 2.91. The Morgan fingerprint density at radius 3 is 1.95 bits per heavy atom. The van der Waals surface area contributed by atoms with Crippen molar-refractivity contribution < 1.29 is 76.3 Å². The molecule has 3 rings (SSSR count). The van der Waals surface area contributed by atoms with E-state index in [1.165, 1.54) is 11.4 Å². The van der Waals surface area contributed by atoms with Crippen LogP contribution >= 0.6 is 11.6 Å². The number of carboxylic acid groups (broad SMARTS) is 1. The number of carbonyl (C=O) groups is 1. The smallest absolute Gasteiger partial charge is 0.335 e. The van der Waals surface area contributed by atoms with Crippen molar-refractivity contribution in [2.45, 2.75) is 17.9 Å². The Balaban J connectivity index is 1.96. The van der Waals surface area contributed by atoms with Crippen LogP contribution in [-0.4, -0.2) is 95.8 Å². The summed E-state index contributed by atoms with van der Waals surface area (Å²) in [5, 5.41) is 143. The molecule has 0 amide bonds. The van der Waals surface area contributed by atoms with Crippen LogP contribution in [0.5, 0.6) is 46.0 Å². The summed E-state index contributed by atoms with van der Waals surface area (Å²) in [5.74, 6) is -19.5. The molecular weight excluding hydrogens is 580 g/mol. The number of phenolic OH excluding ortho intramolecular Hbond substituents is 8. The summed E-state index contributed by atoms with van der Waals surface area (Å²) in [7, 11) is 0. The third-order valence-electron chi connectivity index (χ3n) is 5.83. The van der Waals surface area contributed by atoms with Crippen LogP contribution in [0, 0.1) is 0 Å². The second-order valence-corrected chi connectivity index (χ2v) is 8.90. The quantitative estimate of drug-likeness (QED) is 0.0822. The fourth-order valence-electron chi connectivity index (χ4n) is 3.63. The molecule has 0 bridgehead atoms. The minimum Gasteiger partial charge on any atom is -0.506 e. The molecule has 0 aliphatic heterocycles. The summed E-state index contributed by atoms with van der Waals surface area (Å²) >= 11 is 5.59. The fourth-order valence-corrected chi connectivity index (χ4v) is 3.82. The predicted molar refractivity (Wildman–Crippen MR) is 135 cm³/mol. The SMILES string of the molecule is O=C(O)c1cccc(-c2c(O)c(O)c(O)c(NC(O)(O)C(O)(O)NCC(O)c3c(O)c(O)c(O)c(Cl)c3O)c2O)c1. The van der Waals surface area contributed by atoms with Gasteiger partial charge in [0.2, 0.25) is 11.5 Å². The molecule has 3 aromatic carbocycles. The molecule has 18 heteroatoms. The van der Waals surface area contributed by atoms with E-state index in [1.807, 2.05) is 0 Å². The molecule has 0 aliphatic rings. The van der Waals surface area contributed by atoms with Crippen molar-refractivity contribution in [3.05, 3.63) is 40.4 Å². The summed E-state index contributed by atoms with van der Waals surface area (Å²) < 4.78 is 0. The molecule has 222 valence electrons. The van der Waals surface area contributed by atoms with E-state index < -0.39 is 98.3 Å². The molecule has 0 saturated heterocycles. The van der Waals surface area contributed by atoms with Crippen LogP contribution in [0.3, 0.4) is 0 Å². The Morgan fingerprint density at radius 1 is 0.780 bits per heavy atom. The maximum Gasteiger partial charge on any atom is 0.335 e. The van der Waals surface area contributed by atoms with Crippen LogP contribution in [0.25, 0.3) is 11.1 Å². The lowest BCUT2D eigenvalue weighted by Gasteiger charge is -2.37. The molecule has 0 aliphatic carbocycles. The van der Waals surface area contributed by atoms with Crippen molar-refractivity contribution in [2.24, 2.45) is 0 Å². The van der Waals surface area contributed by atoms with Crippen molar-refractivity contribution >= 4 is 23.3 Å². The number of aromatic hydroxyl groups is 8. The first-order valence-corrected chi connectivity index (χ1v) is 11.3. The molecule has 41 heavy (non-hydrogen) atoms. The van der Waals surface area contributed by atoms with Crippen LogP contribution < -0.4 is 10.6 Å². The number of aromatic carboxylic acids is 1. The van der Waals surface area contributed by atoms with Crippen LogP contribution in [0.1, 0.15) is 22.0 Å². The minimum absolute atomic E-state index is 0.254. The van der Waals surface area contributed by atoms with Gasteiger partial charge in [-0.25, -0.2) is 4.79 Å². The zero-order valence-electron chi connectivity index (χ0n) is 20.1. The summed E-state index contributed by atoms with van der Waals surface area (Å²) in [4.78, 5) is 11.3. The standard InChI is InChI=1S/C23H23ClN2O15/c24-11-13(28)10(16(31)19(34)17(11)32)8(27)5-25-22(38,39)23(40,41)26-12-14(29)9(15(30)20(35)18(12)33)6-2-1-3-7(4-6)21(36)37/h1-4,8,25-35,38-41H,5H2,(H,36,37). The van der Waals surface area contributed by atoms with Gasteiger partial charge >= 0.3 is 17.8 Å². The van der Waals surface area contributed by atoms with Gasteiger partial charge < -0.3 is 76.8 Å². The molecule has 0 radical (unpaired) electrons. The van der Waals surface area contributed by atoms with E-state index in [4.69, 9.17) is 11.6 Å². The summed E-state index contributed by atoms with van der Waals surface area (Å²) in [6, 6.07) is 4.43. The highest BCUT2D eigenvalue weighted by Crippen LogP contribution is 2.55. The van der Waals surface area contributed by atoms with Gasteiger partial charge in [0, 0.05) is 6.54 Å². The van der Waals surface area contributed by atoms with Gasteiger partial charge in [0.25, 0.3) is 0 Å². The Hall–Kier alpha value is -4.62. The molecule has 0 saturated carbocycles. The van der Waals surface area contributed by atoms with Crippen LogP contribution in [0.15, 0.2) is 24.3 Å². The topological polar surface area (TPSA) is 324 Å². The van der Waals surface area contributed by atoms with E-state index in [2.05, 4.69) is 0 Å². The van der Waals surface area contributed by atoms with Crippen LogP contribution in [0.4, 0.5) is 5.69 Å². The fraction of sp³-hybridized carbons (Fsp3) is 0.174.